The van der Waals surface area contributed by atoms with Crippen molar-refractivity contribution in [2.75, 3.05) is 31.2 Å². The van der Waals surface area contributed by atoms with Gasteiger partial charge in [0.15, 0.2) is 0 Å². The van der Waals surface area contributed by atoms with Gasteiger partial charge in [0.1, 0.15) is 0 Å². The second-order valence-electron chi connectivity index (χ2n) is 7.51. The molecule has 3 rings (SSSR count). The molecule has 12 heteroatoms. The predicted octanol–water partition coefficient (Wildman–Crippen LogP) is 0.724. The van der Waals surface area contributed by atoms with Gasteiger partial charge in [0, 0.05) is 31.8 Å². The first-order chi connectivity index (χ1) is 14.9. The molecule has 2 aromatic carbocycles. The van der Waals surface area contributed by atoms with Crippen LogP contribution in [-0.4, -0.2) is 59.9 Å². The predicted molar refractivity (Wildman–Crippen MR) is 119 cm³/mol. The number of hydrogen-bond donors (Lipinski definition) is 2. The van der Waals surface area contributed by atoms with Crippen LogP contribution in [0.15, 0.2) is 47.4 Å². The second kappa shape index (κ2) is 8.88. The Kier molecular flexibility index (Phi) is 6.58. The molecule has 2 aromatic rings. The third-order valence-corrected chi connectivity index (χ3v) is 7.97. The van der Waals surface area contributed by atoms with Crippen molar-refractivity contribution in [3.63, 3.8) is 0 Å². The number of carbonyl (C=O) groups is 2. The van der Waals surface area contributed by atoms with Gasteiger partial charge in [-0.3, -0.25) is 24.7 Å². The Morgan fingerprint density at radius 2 is 1.56 bits per heavy atom. The average Bonchev–Trinajstić information content (AvgIpc) is 2.75. The van der Waals surface area contributed by atoms with Crippen LogP contribution in [0.3, 0.4) is 0 Å². The van der Waals surface area contributed by atoms with E-state index in [0.717, 1.165) is 16.1 Å². The van der Waals surface area contributed by atoms with Crippen molar-refractivity contribution in [2.45, 2.75) is 17.7 Å². The molecule has 0 unspecified atom stereocenters. The summed E-state index contributed by atoms with van der Waals surface area (Å²) < 4.78 is 50.8. The van der Waals surface area contributed by atoms with Gasteiger partial charge in [-0.2, -0.15) is 0 Å². The van der Waals surface area contributed by atoms with E-state index in [-0.39, 0.29) is 16.0 Å². The number of benzene rings is 2. The Labute approximate surface area is 187 Å². The fourth-order valence-electron chi connectivity index (χ4n) is 3.31. The third-order valence-electron chi connectivity index (χ3n) is 4.98. The number of hydrazine groups is 1. The highest BCUT2D eigenvalue weighted by Crippen LogP contribution is 2.29. The van der Waals surface area contributed by atoms with Crippen LogP contribution in [-0.2, 0) is 26.5 Å². The molecule has 1 aliphatic heterocycles. The molecular weight excluding hydrogens is 456 g/mol. The summed E-state index contributed by atoms with van der Waals surface area (Å²) in [6, 6.07) is 10.1. The molecule has 10 nitrogen and oxygen atoms in total. The summed E-state index contributed by atoms with van der Waals surface area (Å²) in [4.78, 5) is 24.9. The summed E-state index contributed by atoms with van der Waals surface area (Å²) in [5, 5.41) is 0. The molecule has 2 N–H and O–H groups in total. The summed E-state index contributed by atoms with van der Waals surface area (Å²) in [5.74, 6) is -1.27. The lowest BCUT2D eigenvalue weighted by Crippen LogP contribution is -2.42. The number of nitrogens with one attached hydrogen (secondary N) is 2. The first-order valence-electron chi connectivity index (χ1n) is 9.65. The van der Waals surface area contributed by atoms with E-state index < -0.39 is 31.9 Å². The van der Waals surface area contributed by atoms with E-state index in [2.05, 4.69) is 10.9 Å². The number of sulfonamides is 2. The van der Waals surface area contributed by atoms with E-state index in [9.17, 15) is 26.4 Å². The highest BCUT2D eigenvalue weighted by molar-refractivity contribution is 7.92. The standard InChI is InChI=1S/C20H24N4O6S2/c1-23(2)32(29,30)17-8-4-6-15(13-17)19(25)21-22-20(26)16-9-10-18-14(12-16)7-5-11-24(18)31(3,27)28/h4,6,8-10,12-13H,5,7,11H2,1-3H3,(H,21,25)(H,22,26). The summed E-state index contributed by atoms with van der Waals surface area (Å²) in [6.07, 6.45) is 2.40. The minimum absolute atomic E-state index is 0.0494. The molecule has 32 heavy (non-hydrogen) atoms. The van der Waals surface area contributed by atoms with Gasteiger partial charge in [0.05, 0.1) is 16.8 Å². The van der Waals surface area contributed by atoms with Gasteiger partial charge in [-0.15, -0.1) is 0 Å². The number of anilines is 1. The van der Waals surface area contributed by atoms with Crippen LogP contribution in [0.5, 0.6) is 0 Å². The normalized spacial score (nSPS) is 14.1. The number of nitrogens with zero attached hydrogens (tertiary/aromatic N) is 2. The topological polar surface area (TPSA) is 133 Å². The van der Waals surface area contributed by atoms with Gasteiger partial charge < -0.3 is 0 Å². The molecule has 0 saturated carbocycles. The van der Waals surface area contributed by atoms with Crippen molar-refractivity contribution in [3.8, 4) is 0 Å². The van der Waals surface area contributed by atoms with Crippen LogP contribution < -0.4 is 15.2 Å². The van der Waals surface area contributed by atoms with Crippen LogP contribution in [0.2, 0.25) is 0 Å². The number of rotatable bonds is 5. The molecule has 2 amide bonds. The fourth-order valence-corrected chi connectivity index (χ4v) is 5.26. The van der Waals surface area contributed by atoms with Gasteiger partial charge in [0.25, 0.3) is 11.8 Å². The first kappa shape index (κ1) is 23.7. The number of hydrogen-bond acceptors (Lipinski definition) is 6. The van der Waals surface area contributed by atoms with Crippen LogP contribution in [0.25, 0.3) is 0 Å². The van der Waals surface area contributed by atoms with Crippen LogP contribution in [0.1, 0.15) is 32.7 Å². The van der Waals surface area contributed by atoms with Crippen molar-refractivity contribution in [1.82, 2.24) is 15.2 Å². The van der Waals surface area contributed by atoms with Gasteiger partial charge >= 0.3 is 0 Å². The number of fused-ring (bicyclic) bond motifs is 1. The molecule has 0 spiro atoms. The SMILES string of the molecule is CN(C)S(=O)(=O)c1cccc(C(=O)NNC(=O)c2ccc3c(c2)CCCN3S(C)(=O)=O)c1. The highest BCUT2D eigenvalue weighted by Gasteiger charge is 2.25. The lowest BCUT2D eigenvalue weighted by molar-refractivity contribution is 0.0846. The zero-order chi connectivity index (χ0) is 23.7. The largest absolute Gasteiger partial charge is 0.270 e. The van der Waals surface area contributed by atoms with Crippen LogP contribution >= 0.6 is 0 Å². The van der Waals surface area contributed by atoms with E-state index in [1.54, 1.807) is 12.1 Å². The molecular formula is C20H24N4O6S2. The zero-order valence-electron chi connectivity index (χ0n) is 17.8. The maximum Gasteiger partial charge on any atom is 0.269 e. The van der Waals surface area contributed by atoms with Crippen LogP contribution in [0.4, 0.5) is 5.69 Å². The Morgan fingerprint density at radius 1 is 0.938 bits per heavy atom. The van der Waals surface area contributed by atoms with E-state index in [1.165, 1.54) is 48.7 Å². The first-order valence-corrected chi connectivity index (χ1v) is 12.9. The van der Waals surface area contributed by atoms with Crippen molar-refractivity contribution in [1.29, 1.82) is 0 Å². The van der Waals surface area contributed by atoms with Crippen LogP contribution in [0, 0.1) is 0 Å². The maximum atomic E-state index is 12.5. The van der Waals surface area contributed by atoms with Crippen molar-refractivity contribution < 1.29 is 26.4 Å². The molecule has 0 saturated heterocycles. The zero-order valence-corrected chi connectivity index (χ0v) is 19.5. The van der Waals surface area contributed by atoms with Gasteiger partial charge in [-0.25, -0.2) is 21.1 Å². The minimum atomic E-state index is -3.71. The summed E-state index contributed by atoms with van der Waals surface area (Å²) >= 11 is 0. The molecule has 0 aromatic heterocycles. The Bertz CT molecular complexity index is 1270. The molecule has 0 bridgehead atoms. The molecule has 0 atom stereocenters. The van der Waals surface area contributed by atoms with E-state index >= 15 is 0 Å². The number of amides is 2. The van der Waals surface area contributed by atoms with E-state index in [1.807, 2.05) is 0 Å². The van der Waals surface area contributed by atoms with Crippen molar-refractivity contribution >= 4 is 37.5 Å². The highest BCUT2D eigenvalue weighted by atomic mass is 32.2. The Morgan fingerprint density at radius 3 is 2.16 bits per heavy atom. The fraction of sp³-hybridized carbons (Fsp3) is 0.300. The van der Waals surface area contributed by atoms with E-state index in [4.69, 9.17) is 0 Å². The van der Waals surface area contributed by atoms with Gasteiger partial charge in [-0.1, -0.05) is 6.07 Å². The lowest BCUT2D eigenvalue weighted by Gasteiger charge is -2.29. The quantitative estimate of drug-likeness (QED) is 0.606. The monoisotopic (exact) mass is 480 g/mol. The van der Waals surface area contributed by atoms with E-state index in [0.29, 0.717) is 25.1 Å². The Balaban J connectivity index is 1.72. The number of aryl methyl sites for hydroxylation is 1. The molecule has 1 heterocycles. The molecule has 172 valence electrons. The lowest BCUT2D eigenvalue weighted by atomic mass is 10.0. The summed E-state index contributed by atoms with van der Waals surface area (Å²) in [7, 11) is -4.36. The second-order valence-corrected chi connectivity index (χ2v) is 11.6. The molecule has 1 aliphatic rings. The molecule has 0 aliphatic carbocycles. The smallest absolute Gasteiger partial charge is 0.269 e. The summed E-state index contributed by atoms with van der Waals surface area (Å²) in [5.41, 5.74) is 6.14. The van der Waals surface area contributed by atoms with Gasteiger partial charge in [0.2, 0.25) is 20.0 Å². The maximum absolute atomic E-state index is 12.5. The Hall–Kier alpha value is -2.96. The van der Waals surface area contributed by atoms with Crippen molar-refractivity contribution in [3.05, 3.63) is 59.2 Å². The number of carbonyl (C=O) groups excluding carboxylic acids is 2. The minimum Gasteiger partial charge on any atom is -0.270 e. The van der Waals surface area contributed by atoms with Crippen molar-refractivity contribution in [2.24, 2.45) is 0 Å². The molecule has 0 fully saturated rings. The summed E-state index contributed by atoms with van der Waals surface area (Å²) in [6.45, 7) is 0.385. The average molecular weight is 481 g/mol. The third kappa shape index (κ3) is 4.92. The molecule has 0 radical (unpaired) electrons. The van der Waals surface area contributed by atoms with Gasteiger partial charge in [-0.05, 0) is 54.8 Å².